The molecular weight excluding hydrogens is 208 g/mol. The highest BCUT2D eigenvalue weighted by Gasteiger charge is 2.12. The second-order valence-electron chi connectivity index (χ2n) is 4.62. The Morgan fingerprint density at radius 1 is 1.24 bits per heavy atom. The molecular formula is C16H20O. The van der Waals surface area contributed by atoms with Crippen LogP contribution in [0.1, 0.15) is 43.7 Å². The molecule has 0 saturated heterocycles. The molecule has 1 aromatic rings. The molecule has 1 heteroatoms. The molecule has 0 unspecified atom stereocenters. The van der Waals surface area contributed by atoms with E-state index in [9.17, 15) is 0 Å². The summed E-state index contributed by atoms with van der Waals surface area (Å²) in [6.07, 6.45) is 5.46. The Bertz CT molecular complexity index is 425. The van der Waals surface area contributed by atoms with Gasteiger partial charge in [0.25, 0.3) is 0 Å². The van der Waals surface area contributed by atoms with Gasteiger partial charge in [0.1, 0.15) is 11.9 Å². The molecule has 0 bridgehead atoms. The maximum Gasteiger partial charge on any atom is 0.122 e. The number of hydrogen-bond donors (Lipinski definition) is 0. The fraction of sp³-hybridized carbons (Fsp3) is 0.500. The zero-order chi connectivity index (χ0) is 12.1. The standard InChI is InChI=1S/C16H20O/c1-3-14-10-11-16(13(2)12-14)17-15-8-6-4-5-7-9-15/h10-12,15H,3,6-9H2,1-2H3. The van der Waals surface area contributed by atoms with Crippen molar-refractivity contribution in [3.63, 3.8) is 0 Å². The minimum absolute atomic E-state index is 0.323. The van der Waals surface area contributed by atoms with Gasteiger partial charge >= 0.3 is 0 Å². The van der Waals surface area contributed by atoms with E-state index in [1.807, 2.05) is 0 Å². The van der Waals surface area contributed by atoms with Crippen molar-refractivity contribution < 1.29 is 4.74 Å². The molecule has 2 rings (SSSR count). The van der Waals surface area contributed by atoms with Crippen LogP contribution in [0.25, 0.3) is 0 Å². The van der Waals surface area contributed by atoms with E-state index in [4.69, 9.17) is 4.74 Å². The van der Waals surface area contributed by atoms with Crippen molar-refractivity contribution in [2.75, 3.05) is 0 Å². The summed E-state index contributed by atoms with van der Waals surface area (Å²) < 4.78 is 6.09. The summed E-state index contributed by atoms with van der Waals surface area (Å²) in [4.78, 5) is 0. The van der Waals surface area contributed by atoms with Gasteiger partial charge in [-0.15, -0.1) is 11.8 Å². The predicted octanol–water partition coefficient (Wildman–Crippen LogP) is 3.88. The van der Waals surface area contributed by atoms with Gasteiger partial charge in [-0.1, -0.05) is 19.1 Å². The minimum Gasteiger partial charge on any atom is -0.490 e. The third kappa shape index (κ3) is 3.27. The average Bonchev–Trinajstić information content (AvgIpc) is 2.60. The van der Waals surface area contributed by atoms with Gasteiger partial charge in [-0.05, 0) is 43.4 Å². The fourth-order valence-electron chi connectivity index (χ4n) is 2.15. The van der Waals surface area contributed by atoms with Gasteiger partial charge in [0.2, 0.25) is 0 Å². The second kappa shape index (κ2) is 5.77. The molecule has 1 aliphatic rings. The number of benzene rings is 1. The van der Waals surface area contributed by atoms with Crippen molar-refractivity contribution in [2.24, 2.45) is 0 Å². The second-order valence-corrected chi connectivity index (χ2v) is 4.62. The van der Waals surface area contributed by atoms with Crippen LogP contribution < -0.4 is 4.74 Å². The number of aryl methyl sites for hydroxylation is 2. The first kappa shape index (κ1) is 12.0. The number of hydrogen-bond acceptors (Lipinski definition) is 1. The lowest BCUT2D eigenvalue weighted by molar-refractivity contribution is 0.185. The topological polar surface area (TPSA) is 9.23 Å². The quantitative estimate of drug-likeness (QED) is 0.713. The van der Waals surface area contributed by atoms with E-state index in [0.29, 0.717) is 6.10 Å². The van der Waals surface area contributed by atoms with E-state index in [2.05, 4.69) is 43.9 Å². The van der Waals surface area contributed by atoms with Gasteiger partial charge in [0, 0.05) is 12.8 Å². The van der Waals surface area contributed by atoms with Crippen LogP contribution in [0.2, 0.25) is 0 Å². The number of ether oxygens (including phenoxy) is 1. The van der Waals surface area contributed by atoms with Crippen molar-refractivity contribution in [1.82, 2.24) is 0 Å². The summed E-state index contributed by atoms with van der Waals surface area (Å²) in [5, 5.41) is 0. The Balaban J connectivity index is 2.03. The van der Waals surface area contributed by atoms with Crippen LogP contribution in [0, 0.1) is 18.8 Å². The fourth-order valence-corrected chi connectivity index (χ4v) is 2.15. The van der Waals surface area contributed by atoms with E-state index < -0.39 is 0 Å². The van der Waals surface area contributed by atoms with Gasteiger partial charge in [-0.2, -0.15) is 0 Å². The van der Waals surface area contributed by atoms with Crippen molar-refractivity contribution in [1.29, 1.82) is 0 Å². The Morgan fingerprint density at radius 3 is 2.53 bits per heavy atom. The lowest BCUT2D eigenvalue weighted by Crippen LogP contribution is -2.16. The molecule has 0 aliphatic heterocycles. The molecule has 0 radical (unpaired) electrons. The first-order valence-corrected chi connectivity index (χ1v) is 6.51. The van der Waals surface area contributed by atoms with Crippen LogP contribution in [0.3, 0.4) is 0 Å². The van der Waals surface area contributed by atoms with Crippen molar-refractivity contribution in [3.05, 3.63) is 29.3 Å². The third-order valence-electron chi connectivity index (χ3n) is 3.25. The highest BCUT2D eigenvalue weighted by atomic mass is 16.5. The van der Waals surface area contributed by atoms with Crippen LogP contribution in [-0.2, 0) is 6.42 Å². The highest BCUT2D eigenvalue weighted by molar-refractivity contribution is 5.36. The summed E-state index contributed by atoms with van der Waals surface area (Å²) in [6.45, 7) is 4.31. The maximum atomic E-state index is 6.09. The Hall–Kier alpha value is -1.42. The smallest absolute Gasteiger partial charge is 0.122 e. The zero-order valence-electron chi connectivity index (χ0n) is 10.8. The summed E-state index contributed by atoms with van der Waals surface area (Å²) >= 11 is 0. The van der Waals surface area contributed by atoms with E-state index in [1.54, 1.807) is 0 Å². The molecule has 0 saturated carbocycles. The van der Waals surface area contributed by atoms with Crippen LogP contribution in [0.4, 0.5) is 0 Å². The highest BCUT2D eigenvalue weighted by Crippen LogP contribution is 2.23. The average molecular weight is 228 g/mol. The molecule has 1 nitrogen and oxygen atoms in total. The lowest BCUT2D eigenvalue weighted by atomic mass is 10.1. The van der Waals surface area contributed by atoms with Gasteiger partial charge in [-0.25, -0.2) is 0 Å². The Morgan fingerprint density at radius 2 is 1.94 bits per heavy atom. The molecule has 90 valence electrons. The normalized spacial score (nSPS) is 15.9. The molecule has 1 aromatic carbocycles. The Labute approximate surface area is 104 Å². The molecule has 0 spiro atoms. The molecule has 0 atom stereocenters. The summed E-state index contributed by atoms with van der Waals surface area (Å²) in [6, 6.07) is 6.50. The molecule has 1 aliphatic carbocycles. The largest absolute Gasteiger partial charge is 0.490 e. The Kier molecular flexibility index (Phi) is 4.09. The van der Waals surface area contributed by atoms with Gasteiger partial charge in [-0.3, -0.25) is 0 Å². The third-order valence-corrected chi connectivity index (χ3v) is 3.25. The van der Waals surface area contributed by atoms with Crippen molar-refractivity contribution in [3.8, 4) is 17.6 Å². The van der Waals surface area contributed by atoms with E-state index in [1.165, 1.54) is 11.1 Å². The van der Waals surface area contributed by atoms with Crippen LogP contribution >= 0.6 is 0 Å². The molecule has 0 fully saturated rings. The van der Waals surface area contributed by atoms with Gasteiger partial charge in [0.05, 0.1) is 0 Å². The van der Waals surface area contributed by atoms with E-state index in [0.717, 1.165) is 37.9 Å². The first-order valence-electron chi connectivity index (χ1n) is 6.51. The lowest BCUT2D eigenvalue weighted by Gasteiger charge is -2.18. The van der Waals surface area contributed by atoms with E-state index >= 15 is 0 Å². The van der Waals surface area contributed by atoms with Gasteiger partial charge < -0.3 is 4.74 Å². The molecule has 0 aromatic heterocycles. The monoisotopic (exact) mass is 228 g/mol. The molecule has 0 amide bonds. The van der Waals surface area contributed by atoms with E-state index in [-0.39, 0.29) is 0 Å². The molecule has 0 heterocycles. The van der Waals surface area contributed by atoms with Crippen LogP contribution in [0.15, 0.2) is 18.2 Å². The SMILES string of the molecule is CCc1ccc(OC2CCC#CCC2)c(C)c1. The summed E-state index contributed by atoms with van der Waals surface area (Å²) in [7, 11) is 0. The molecule has 17 heavy (non-hydrogen) atoms. The van der Waals surface area contributed by atoms with Crippen LogP contribution in [0.5, 0.6) is 5.75 Å². The molecule has 0 N–H and O–H groups in total. The predicted molar refractivity (Wildman–Crippen MR) is 71.2 cm³/mol. The van der Waals surface area contributed by atoms with Gasteiger partial charge in [0.15, 0.2) is 0 Å². The van der Waals surface area contributed by atoms with Crippen molar-refractivity contribution >= 4 is 0 Å². The van der Waals surface area contributed by atoms with Crippen LogP contribution in [-0.4, -0.2) is 6.10 Å². The maximum absolute atomic E-state index is 6.09. The minimum atomic E-state index is 0.323. The first-order chi connectivity index (χ1) is 8.29. The summed E-state index contributed by atoms with van der Waals surface area (Å²) in [5.41, 5.74) is 2.62. The number of rotatable bonds is 3. The van der Waals surface area contributed by atoms with Crippen molar-refractivity contribution in [2.45, 2.75) is 52.1 Å². The summed E-state index contributed by atoms with van der Waals surface area (Å²) in [5.74, 6) is 7.37. The zero-order valence-corrected chi connectivity index (χ0v) is 10.8.